The summed E-state index contributed by atoms with van der Waals surface area (Å²) in [5.41, 5.74) is 0. The summed E-state index contributed by atoms with van der Waals surface area (Å²) in [5, 5.41) is 2.39. The first-order valence-electron chi connectivity index (χ1n) is 4.09. The maximum absolute atomic E-state index is 12.7. The van der Waals surface area contributed by atoms with E-state index in [0.29, 0.717) is 0 Å². The largest absolute Gasteiger partial charge is 0.359 e. The highest BCUT2D eigenvalue weighted by Crippen LogP contribution is 2.31. The molecular weight excluding hydrogens is 374 g/mol. The van der Waals surface area contributed by atoms with Crippen LogP contribution in [0.4, 0.5) is 17.6 Å². The van der Waals surface area contributed by atoms with Crippen molar-refractivity contribution in [2.45, 2.75) is 6.92 Å². The summed E-state index contributed by atoms with van der Waals surface area (Å²) in [6.45, 7) is 1.47. The number of nitrogens with one attached hydrogen (secondary N) is 1. The highest BCUT2D eigenvalue weighted by Gasteiger charge is 2.21. The average molecular weight is 381 g/mol. The van der Waals surface area contributed by atoms with Gasteiger partial charge in [0.1, 0.15) is 0 Å². The molecule has 0 radical (unpaired) electrons. The van der Waals surface area contributed by atoms with E-state index in [2.05, 4.69) is 37.2 Å². The van der Waals surface area contributed by atoms with Crippen LogP contribution in [0.2, 0.25) is 0 Å². The summed E-state index contributed by atoms with van der Waals surface area (Å²) in [5.74, 6) is -6.06. The molecule has 17 heavy (non-hydrogen) atoms. The smallest absolute Gasteiger partial charge is 0.216 e. The Kier molecular flexibility index (Phi) is 6.69. The lowest BCUT2D eigenvalue weighted by Gasteiger charge is -2.02. The molecule has 1 amide bonds. The molecule has 0 aliphatic rings. The van der Waals surface area contributed by atoms with Crippen molar-refractivity contribution >= 4 is 37.8 Å². The van der Waals surface area contributed by atoms with Gasteiger partial charge >= 0.3 is 0 Å². The van der Waals surface area contributed by atoms with Gasteiger partial charge in [0.15, 0.2) is 23.3 Å². The van der Waals surface area contributed by atoms with Crippen LogP contribution in [0.5, 0.6) is 0 Å². The molecule has 0 aromatic heterocycles. The van der Waals surface area contributed by atoms with E-state index in [1.807, 2.05) is 0 Å². The van der Waals surface area contributed by atoms with Gasteiger partial charge in [-0.3, -0.25) is 4.79 Å². The lowest BCUT2D eigenvalue weighted by molar-refractivity contribution is -0.118. The van der Waals surface area contributed by atoms with Crippen molar-refractivity contribution in [3.8, 4) is 0 Å². The number of hydrogen-bond donors (Lipinski definition) is 1. The topological polar surface area (TPSA) is 29.1 Å². The van der Waals surface area contributed by atoms with E-state index in [9.17, 15) is 22.4 Å². The maximum atomic E-state index is 12.7. The third-order valence-electron chi connectivity index (χ3n) is 1.51. The van der Waals surface area contributed by atoms with Crippen LogP contribution < -0.4 is 5.32 Å². The Morgan fingerprint density at radius 3 is 1.47 bits per heavy atom. The van der Waals surface area contributed by atoms with Crippen molar-refractivity contribution in [3.05, 3.63) is 32.2 Å². The summed E-state index contributed by atoms with van der Waals surface area (Å²) in [4.78, 5) is 9.70. The Labute approximate surface area is 112 Å². The molecule has 0 unspecified atom stereocenters. The minimum Gasteiger partial charge on any atom is -0.359 e. The van der Waals surface area contributed by atoms with E-state index in [1.54, 1.807) is 7.05 Å². The van der Waals surface area contributed by atoms with Gasteiger partial charge in [-0.25, -0.2) is 17.6 Å². The Morgan fingerprint density at radius 1 is 0.941 bits per heavy atom. The zero-order valence-electron chi connectivity index (χ0n) is 8.68. The van der Waals surface area contributed by atoms with Gasteiger partial charge in [-0.05, 0) is 31.9 Å². The minimum atomic E-state index is -1.71. The fourth-order valence-corrected chi connectivity index (χ4v) is 1.59. The Morgan fingerprint density at radius 2 is 1.24 bits per heavy atom. The van der Waals surface area contributed by atoms with Crippen LogP contribution in [0.1, 0.15) is 6.92 Å². The van der Waals surface area contributed by atoms with Gasteiger partial charge < -0.3 is 5.32 Å². The van der Waals surface area contributed by atoms with Crippen LogP contribution >= 0.6 is 31.9 Å². The molecule has 0 saturated heterocycles. The first-order valence-corrected chi connectivity index (χ1v) is 5.67. The van der Waals surface area contributed by atoms with Gasteiger partial charge in [-0.15, -0.1) is 0 Å². The second kappa shape index (κ2) is 6.95. The molecule has 0 heterocycles. The van der Waals surface area contributed by atoms with Gasteiger partial charge in [0.2, 0.25) is 5.91 Å². The van der Waals surface area contributed by atoms with Crippen LogP contribution in [0.15, 0.2) is 8.95 Å². The normalized spacial score (nSPS) is 9.41. The Balaban J connectivity index is 0.000000437. The first kappa shape index (κ1) is 16.4. The fraction of sp³-hybridized carbons (Fsp3) is 0.222. The molecule has 1 aromatic rings. The molecule has 0 aliphatic heterocycles. The monoisotopic (exact) mass is 379 g/mol. The van der Waals surface area contributed by atoms with Crippen molar-refractivity contribution in [1.29, 1.82) is 0 Å². The van der Waals surface area contributed by atoms with Crippen molar-refractivity contribution in [2.75, 3.05) is 7.05 Å². The molecule has 0 bridgehead atoms. The van der Waals surface area contributed by atoms with Crippen LogP contribution in [0.25, 0.3) is 0 Å². The highest BCUT2D eigenvalue weighted by atomic mass is 79.9. The van der Waals surface area contributed by atoms with Gasteiger partial charge in [-0.1, -0.05) is 0 Å². The predicted octanol–water partition coefficient (Wildman–Crippen LogP) is 3.52. The molecule has 1 N–H and O–H groups in total. The molecule has 2 nitrogen and oxygen atoms in total. The lowest BCUT2D eigenvalue weighted by Crippen LogP contribution is -2.11. The van der Waals surface area contributed by atoms with Crippen LogP contribution in [0.3, 0.4) is 0 Å². The molecule has 0 saturated carbocycles. The average Bonchev–Trinajstić information content (AvgIpc) is 2.32. The fourth-order valence-electron chi connectivity index (χ4n) is 0.578. The molecule has 96 valence electrons. The molecule has 0 spiro atoms. The lowest BCUT2D eigenvalue weighted by atomic mass is 10.3. The molecule has 0 fully saturated rings. The van der Waals surface area contributed by atoms with Crippen molar-refractivity contribution in [3.63, 3.8) is 0 Å². The second-order valence-electron chi connectivity index (χ2n) is 2.69. The standard InChI is InChI=1S/C6Br2F4.C3H7NO/c7-1-3(9)2(8)5(11)6(12)4(1)10;1-3(5)4-2/h;1-2H3,(H,4,5). The molecular formula is C9H7Br2F4NO. The molecule has 0 aliphatic carbocycles. The van der Waals surface area contributed by atoms with Gasteiger partial charge in [-0.2, -0.15) is 0 Å². The number of rotatable bonds is 0. The van der Waals surface area contributed by atoms with E-state index in [1.165, 1.54) is 6.92 Å². The van der Waals surface area contributed by atoms with Gasteiger partial charge in [0, 0.05) is 14.0 Å². The third-order valence-corrected chi connectivity index (χ3v) is 2.90. The van der Waals surface area contributed by atoms with Crippen molar-refractivity contribution < 1.29 is 22.4 Å². The molecule has 8 heteroatoms. The maximum Gasteiger partial charge on any atom is 0.216 e. The Hall–Kier alpha value is -0.630. The van der Waals surface area contributed by atoms with Crippen LogP contribution in [-0.2, 0) is 4.79 Å². The zero-order valence-corrected chi connectivity index (χ0v) is 11.8. The quantitative estimate of drug-likeness (QED) is 0.416. The second-order valence-corrected chi connectivity index (χ2v) is 4.28. The van der Waals surface area contributed by atoms with Crippen LogP contribution in [-0.4, -0.2) is 13.0 Å². The molecule has 1 aromatic carbocycles. The van der Waals surface area contributed by atoms with Crippen LogP contribution in [0, 0.1) is 23.3 Å². The first-order chi connectivity index (χ1) is 7.73. The van der Waals surface area contributed by atoms with E-state index in [0.717, 1.165) is 0 Å². The van der Waals surface area contributed by atoms with Gasteiger partial charge in [0.25, 0.3) is 0 Å². The summed E-state index contributed by atoms with van der Waals surface area (Å²) in [6, 6.07) is 0. The van der Waals surface area contributed by atoms with Crippen molar-refractivity contribution in [1.82, 2.24) is 5.32 Å². The predicted molar refractivity (Wildman–Crippen MR) is 61.4 cm³/mol. The van der Waals surface area contributed by atoms with E-state index < -0.39 is 32.2 Å². The minimum absolute atomic E-state index is 0.00463. The summed E-state index contributed by atoms with van der Waals surface area (Å²) in [6.07, 6.45) is 0. The summed E-state index contributed by atoms with van der Waals surface area (Å²) < 4.78 is 48.7. The number of hydrogen-bond acceptors (Lipinski definition) is 1. The molecule has 0 atom stereocenters. The van der Waals surface area contributed by atoms with E-state index in [4.69, 9.17) is 0 Å². The van der Waals surface area contributed by atoms with E-state index in [-0.39, 0.29) is 5.91 Å². The SMILES string of the molecule is CNC(C)=O.Fc1c(F)c(Br)c(F)c(Br)c1F. The highest BCUT2D eigenvalue weighted by molar-refractivity contribution is 9.11. The Bertz CT molecular complexity index is 334. The van der Waals surface area contributed by atoms with Crippen molar-refractivity contribution in [2.24, 2.45) is 0 Å². The number of carbonyl (C=O) groups excluding carboxylic acids is 1. The zero-order chi connectivity index (χ0) is 13.7. The number of benzene rings is 1. The third kappa shape index (κ3) is 4.27. The van der Waals surface area contributed by atoms with Gasteiger partial charge in [0.05, 0.1) is 8.95 Å². The summed E-state index contributed by atoms with van der Waals surface area (Å²) >= 11 is 4.86. The van der Waals surface area contributed by atoms with E-state index >= 15 is 0 Å². The molecule has 1 rings (SSSR count). The summed E-state index contributed by atoms with van der Waals surface area (Å²) in [7, 11) is 1.60. The number of amides is 1. The number of halogens is 6. The number of carbonyl (C=O) groups is 1.